The van der Waals surface area contributed by atoms with Gasteiger partial charge in [0.15, 0.2) is 0 Å². The van der Waals surface area contributed by atoms with Crippen molar-refractivity contribution in [3.63, 3.8) is 0 Å². The lowest BCUT2D eigenvalue weighted by atomic mass is 10.0. The van der Waals surface area contributed by atoms with Crippen molar-refractivity contribution >= 4 is 50.7 Å². The number of nitrogens with zero attached hydrogens (tertiary/aromatic N) is 2. The maximum Gasteiger partial charge on any atom is 0.293 e. The first-order valence-electron chi connectivity index (χ1n) is 13.9. The highest BCUT2D eigenvalue weighted by Crippen LogP contribution is 2.32. The van der Waals surface area contributed by atoms with E-state index in [1.807, 2.05) is 0 Å². The van der Waals surface area contributed by atoms with Crippen LogP contribution in [0.25, 0.3) is 0 Å². The highest BCUT2D eigenvalue weighted by Gasteiger charge is 2.45. The summed E-state index contributed by atoms with van der Waals surface area (Å²) in [5, 5.41) is 24.3. The number of benzene rings is 2. The fourth-order valence-electron chi connectivity index (χ4n) is 4.71. The van der Waals surface area contributed by atoms with Gasteiger partial charge in [0.05, 0.1) is 60.6 Å². The van der Waals surface area contributed by atoms with Crippen molar-refractivity contribution in [1.29, 1.82) is 0 Å². The molecular weight excluding hydrogens is 616 g/mol. The Kier molecular flexibility index (Phi) is 11.1. The minimum absolute atomic E-state index is 0.0408. The molecule has 0 spiro atoms. The molecule has 45 heavy (non-hydrogen) atoms. The second kappa shape index (κ2) is 15.0. The molecule has 0 saturated carbocycles. The van der Waals surface area contributed by atoms with Crippen molar-refractivity contribution in [3.05, 3.63) is 57.6 Å². The molecule has 0 aliphatic carbocycles. The van der Waals surface area contributed by atoms with Crippen LogP contribution in [0.15, 0.2) is 41.3 Å². The molecule has 2 aliphatic rings. The molecule has 4 rings (SSSR count). The van der Waals surface area contributed by atoms with Crippen LogP contribution >= 0.6 is 0 Å². The molecule has 1 saturated heterocycles. The van der Waals surface area contributed by atoms with Crippen LogP contribution in [0.3, 0.4) is 0 Å². The van der Waals surface area contributed by atoms with Gasteiger partial charge >= 0.3 is 0 Å². The van der Waals surface area contributed by atoms with E-state index in [0.29, 0.717) is 18.8 Å². The number of amides is 4. The van der Waals surface area contributed by atoms with Crippen molar-refractivity contribution in [2.45, 2.75) is 23.8 Å². The predicted molar refractivity (Wildman–Crippen MR) is 157 cm³/mol. The molecule has 0 radical (unpaired) electrons. The number of anilines is 2. The normalized spacial score (nSPS) is 16.5. The third-order valence-electron chi connectivity index (χ3n) is 6.83. The van der Waals surface area contributed by atoms with Crippen molar-refractivity contribution < 1.29 is 46.7 Å². The van der Waals surface area contributed by atoms with E-state index in [1.54, 1.807) is 12.1 Å². The van der Waals surface area contributed by atoms with Gasteiger partial charge in [-0.05, 0) is 30.7 Å². The van der Waals surface area contributed by atoms with Gasteiger partial charge in [-0.1, -0.05) is 6.07 Å². The van der Waals surface area contributed by atoms with Crippen molar-refractivity contribution in [2.24, 2.45) is 5.14 Å². The standard InChI is InChI=1S/C27H32N6O11S/c28-45(40,41)17-4-5-19(22(16-17)33(38)39)29-8-10-42-12-14-44-15-13-43-11-9-30-20-3-1-2-18-24(20)27(37)32(26(18)36)21-6-7-23(34)31-25(21)35/h1-5,16,21,29-30H,6-15H2,(H2,28,40,41)(H,31,34,35). The topological polar surface area (TPSA) is 239 Å². The molecule has 0 bridgehead atoms. The summed E-state index contributed by atoms with van der Waals surface area (Å²) in [4.78, 5) is 60.8. The Morgan fingerprint density at radius 1 is 0.911 bits per heavy atom. The summed E-state index contributed by atoms with van der Waals surface area (Å²) in [6.07, 6.45) is 0.117. The second-order valence-corrected chi connectivity index (χ2v) is 11.4. The number of rotatable bonds is 17. The minimum Gasteiger partial charge on any atom is -0.382 e. The number of carbonyl (C=O) groups is 4. The van der Waals surface area contributed by atoms with E-state index in [4.69, 9.17) is 19.3 Å². The van der Waals surface area contributed by atoms with Gasteiger partial charge in [0.25, 0.3) is 17.5 Å². The van der Waals surface area contributed by atoms with Crippen LogP contribution in [-0.4, -0.2) is 101 Å². The third kappa shape index (κ3) is 8.37. The summed E-state index contributed by atoms with van der Waals surface area (Å²) in [6, 6.07) is 7.09. The molecule has 0 aromatic heterocycles. The zero-order chi connectivity index (χ0) is 32.6. The van der Waals surface area contributed by atoms with Crippen LogP contribution < -0.4 is 21.1 Å². The molecule has 1 fully saturated rings. The minimum atomic E-state index is -4.07. The second-order valence-electron chi connectivity index (χ2n) is 9.85. The van der Waals surface area contributed by atoms with Crippen LogP contribution in [0.5, 0.6) is 0 Å². The molecule has 17 nitrogen and oxygen atoms in total. The predicted octanol–water partition coefficient (Wildman–Crippen LogP) is 0.217. The zero-order valence-electron chi connectivity index (χ0n) is 24.0. The lowest BCUT2D eigenvalue weighted by molar-refractivity contribution is -0.384. The van der Waals surface area contributed by atoms with Gasteiger partial charge < -0.3 is 24.8 Å². The Hall–Kier alpha value is -4.49. The molecule has 5 N–H and O–H groups in total. The number of nitro groups is 1. The molecule has 18 heteroatoms. The van der Waals surface area contributed by atoms with E-state index < -0.39 is 50.3 Å². The number of fused-ring (bicyclic) bond motifs is 1. The van der Waals surface area contributed by atoms with E-state index in [2.05, 4.69) is 16.0 Å². The quantitative estimate of drug-likeness (QED) is 0.0778. The smallest absolute Gasteiger partial charge is 0.293 e. The highest BCUT2D eigenvalue weighted by atomic mass is 32.2. The van der Waals surface area contributed by atoms with Gasteiger partial charge in [0, 0.05) is 31.3 Å². The number of nitrogens with one attached hydrogen (secondary N) is 3. The number of hydrogen-bond donors (Lipinski definition) is 4. The van der Waals surface area contributed by atoms with Crippen molar-refractivity contribution in [3.8, 4) is 0 Å². The first-order valence-corrected chi connectivity index (χ1v) is 15.4. The number of ether oxygens (including phenoxy) is 3. The number of hydrogen-bond acceptors (Lipinski definition) is 13. The van der Waals surface area contributed by atoms with Gasteiger partial charge in [0.2, 0.25) is 21.8 Å². The summed E-state index contributed by atoms with van der Waals surface area (Å²) in [7, 11) is -4.07. The first-order chi connectivity index (χ1) is 21.5. The van der Waals surface area contributed by atoms with Crippen LogP contribution in [-0.2, 0) is 33.8 Å². The molecule has 2 aromatic carbocycles. The summed E-state index contributed by atoms with van der Waals surface area (Å²) >= 11 is 0. The van der Waals surface area contributed by atoms with Gasteiger partial charge in [0.1, 0.15) is 11.7 Å². The number of imide groups is 2. The summed E-state index contributed by atoms with van der Waals surface area (Å²) in [5.74, 6) is -2.29. The molecule has 4 amide bonds. The SMILES string of the molecule is NS(=O)(=O)c1ccc(NCCOCCOCCOCCNc2cccc3c2C(=O)N(C2CCC(=O)NC2=O)C3=O)c([N+](=O)[O-])c1. The van der Waals surface area contributed by atoms with E-state index in [0.717, 1.165) is 11.0 Å². The average molecular weight is 649 g/mol. The van der Waals surface area contributed by atoms with Gasteiger partial charge in [-0.15, -0.1) is 0 Å². The number of carbonyl (C=O) groups excluding carboxylic acids is 4. The molecule has 242 valence electrons. The molecule has 2 aliphatic heterocycles. The number of primary sulfonamides is 1. The lowest BCUT2D eigenvalue weighted by Gasteiger charge is -2.27. The highest BCUT2D eigenvalue weighted by molar-refractivity contribution is 7.89. The van der Waals surface area contributed by atoms with E-state index in [9.17, 15) is 37.7 Å². The Balaban J connectivity index is 1.08. The number of piperidine rings is 1. The molecule has 1 unspecified atom stereocenters. The summed E-state index contributed by atoms with van der Waals surface area (Å²) < 4.78 is 39.2. The van der Waals surface area contributed by atoms with E-state index in [1.165, 1.54) is 18.2 Å². The molecule has 2 heterocycles. The number of nitrogens with two attached hydrogens (primary N) is 1. The summed E-state index contributed by atoms with van der Waals surface area (Å²) in [5.41, 5.74) is 0.492. The van der Waals surface area contributed by atoms with Gasteiger partial charge in [-0.3, -0.25) is 39.5 Å². The first kappa shape index (κ1) is 33.4. The maximum absolute atomic E-state index is 13.1. The molecular formula is C27H32N6O11S. The van der Waals surface area contributed by atoms with Crippen LogP contribution in [0.1, 0.15) is 33.6 Å². The fraction of sp³-hybridized carbons (Fsp3) is 0.407. The van der Waals surface area contributed by atoms with Crippen LogP contribution in [0, 0.1) is 10.1 Å². The van der Waals surface area contributed by atoms with Crippen molar-refractivity contribution in [1.82, 2.24) is 10.2 Å². The molecule has 1 atom stereocenters. The van der Waals surface area contributed by atoms with E-state index in [-0.39, 0.29) is 74.1 Å². The Morgan fingerprint density at radius 2 is 1.53 bits per heavy atom. The Labute approximate surface area is 257 Å². The van der Waals surface area contributed by atoms with Crippen molar-refractivity contribution in [2.75, 3.05) is 63.4 Å². The number of sulfonamides is 1. The maximum atomic E-state index is 13.1. The molecule has 2 aromatic rings. The zero-order valence-corrected chi connectivity index (χ0v) is 24.8. The summed E-state index contributed by atoms with van der Waals surface area (Å²) in [6.45, 7) is 2.16. The monoisotopic (exact) mass is 648 g/mol. The average Bonchev–Trinajstić information content (AvgIpc) is 3.24. The van der Waals surface area contributed by atoms with Crippen LogP contribution in [0.2, 0.25) is 0 Å². The Bertz CT molecular complexity index is 1580. The largest absolute Gasteiger partial charge is 0.382 e. The van der Waals surface area contributed by atoms with E-state index >= 15 is 0 Å². The Morgan fingerprint density at radius 3 is 2.13 bits per heavy atom. The third-order valence-corrected chi connectivity index (χ3v) is 7.74. The van der Waals surface area contributed by atoms with Gasteiger partial charge in [-0.2, -0.15) is 0 Å². The lowest BCUT2D eigenvalue weighted by Crippen LogP contribution is -2.54. The number of nitro benzene ring substituents is 1. The fourth-order valence-corrected chi connectivity index (χ4v) is 5.24. The van der Waals surface area contributed by atoms with Gasteiger partial charge in [-0.25, -0.2) is 13.6 Å². The van der Waals surface area contributed by atoms with Crippen LogP contribution in [0.4, 0.5) is 17.1 Å².